The summed E-state index contributed by atoms with van der Waals surface area (Å²) in [6.07, 6.45) is -0.161. The number of methoxy groups -OCH3 is 1. The third kappa shape index (κ3) is 2.34. The van der Waals surface area contributed by atoms with Crippen LogP contribution in [0.2, 0.25) is 5.02 Å². The van der Waals surface area contributed by atoms with Crippen molar-refractivity contribution in [3.8, 4) is 11.5 Å². The Bertz CT molecular complexity index is 417. The highest BCUT2D eigenvalue weighted by molar-refractivity contribution is 6.32. The van der Waals surface area contributed by atoms with Crippen LogP contribution in [0.25, 0.3) is 0 Å². The van der Waals surface area contributed by atoms with Crippen LogP contribution in [-0.4, -0.2) is 31.9 Å². The lowest BCUT2D eigenvalue weighted by molar-refractivity contribution is 0.0262. The summed E-state index contributed by atoms with van der Waals surface area (Å²) >= 11 is 6.11. The van der Waals surface area contributed by atoms with Gasteiger partial charge in [-0.15, -0.1) is 0 Å². The quantitative estimate of drug-likeness (QED) is 0.851. The summed E-state index contributed by atoms with van der Waals surface area (Å²) in [5.41, 5.74) is 1.35. The number of halogens is 1. The largest absolute Gasteiger partial charge is 0.507 e. The highest BCUT2D eigenvalue weighted by atomic mass is 35.5. The maximum Gasteiger partial charge on any atom is 0.144 e. The van der Waals surface area contributed by atoms with E-state index in [2.05, 4.69) is 5.32 Å². The number of hydrogen-bond acceptors (Lipinski definition) is 4. The van der Waals surface area contributed by atoms with E-state index in [9.17, 15) is 5.11 Å². The molecule has 1 aromatic rings. The molecule has 1 atom stereocenters. The first-order valence-electron chi connectivity index (χ1n) is 5.53. The van der Waals surface area contributed by atoms with Crippen molar-refractivity contribution >= 4 is 11.6 Å². The Kier molecular flexibility index (Phi) is 3.76. The normalized spacial score (nSPS) is 20.3. The number of rotatable bonds is 2. The molecule has 0 aromatic heterocycles. The van der Waals surface area contributed by atoms with Crippen LogP contribution in [0, 0.1) is 6.92 Å². The molecule has 4 nitrogen and oxygen atoms in total. The molecule has 1 fully saturated rings. The summed E-state index contributed by atoms with van der Waals surface area (Å²) in [4.78, 5) is 0. The van der Waals surface area contributed by atoms with Crippen molar-refractivity contribution in [1.82, 2.24) is 5.32 Å². The maximum atomic E-state index is 10.1. The maximum absolute atomic E-state index is 10.1. The summed E-state index contributed by atoms with van der Waals surface area (Å²) in [5, 5.41) is 13.8. The predicted molar refractivity (Wildman–Crippen MR) is 66.0 cm³/mol. The molecular formula is C12H16ClNO3. The van der Waals surface area contributed by atoms with Gasteiger partial charge in [0.15, 0.2) is 0 Å². The first kappa shape index (κ1) is 12.5. The van der Waals surface area contributed by atoms with Crippen LogP contribution in [0.4, 0.5) is 0 Å². The Morgan fingerprint density at radius 1 is 1.59 bits per heavy atom. The van der Waals surface area contributed by atoms with Gasteiger partial charge in [0.1, 0.15) is 11.5 Å². The van der Waals surface area contributed by atoms with Gasteiger partial charge in [0, 0.05) is 24.2 Å². The number of aromatic hydroxyl groups is 1. The topological polar surface area (TPSA) is 50.7 Å². The summed E-state index contributed by atoms with van der Waals surface area (Å²) in [7, 11) is 1.53. The summed E-state index contributed by atoms with van der Waals surface area (Å²) in [5.74, 6) is 0.705. The number of benzene rings is 1. The van der Waals surface area contributed by atoms with Crippen LogP contribution in [0.1, 0.15) is 17.2 Å². The van der Waals surface area contributed by atoms with Crippen LogP contribution in [0.15, 0.2) is 6.07 Å². The van der Waals surface area contributed by atoms with Crippen molar-refractivity contribution < 1.29 is 14.6 Å². The van der Waals surface area contributed by atoms with Gasteiger partial charge in [-0.25, -0.2) is 0 Å². The fraction of sp³-hybridized carbons (Fsp3) is 0.500. The number of ether oxygens (including phenoxy) is 2. The molecule has 1 heterocycles. The standard InChI is InChI=1S/C12H16ClNO3/c1-7-11(15)8(5-9(13)12(7)16-2)10-6-14-3-4-17-10/h5,10,14-15H,3-4,6H2,1-2H3. The first-order chi connectivity index (χ1) is 8.15. The average molecular weight is 258 g/mol. The number of phenols is 1. The van der Waals surface area contributed by atoms with Gasteiger partial charge in [-0.3, -0.25) is 0 Å². The lowest BCUT2D eigenvalue weighted by Crippen LogP contribution is -2.33. The van der Waals surface area contributed by atoms with Crippen LogP contribution in [0.3, 0.4) is 0 Å². The lowest BCUT2D eigenvalue weighted by Gasteiger charge is -2.25. The Balaban J connectivity index is 2.40. The molecule has 0 amide bonds. The second-order valence-electron chi connectivity index (χ2n) is 4.02. The van der Waals surface area contributed by atoms with Gasteiger partial charge in [-0.2, -0.15) is 0 Å². The second-order valence-corrected chi connectivity index (χ2v) is 4.43. The Labute approximate surface area is 105 Å². The minimum Gasteiger partial charge on any atom is -0.507 e. The highest BCUT2D eigenvalue weighted by Crippen LogP contribution is 2.40. The van der Waals surface area contributed by atoms with Crippen molar-refractivity contribution in [2.75, 3.05) is 26.8 Å². The highest BCUT2D eigenvalue weighted by Gasteiger charge is 2.23. The minimum atomic E-state index is -0.161. The molecule has 94 valence electrons. The lowest BCUT2D eigenvalue weighted by atomic mass is 10.0. The molecule has 2 N–H and O–H groups in total. The van der Waals surface area contributed by atoms with E-state index in [1.165, 1.54) is 7.11 Å². The van der Waals surface area contributed by atoms with Crippen molar-refractivity contribution in [3.05, 3.63) is 22.2 Å². The molecular weight excluding hydrogens is 242 g/mol. The van der Waals surface area contributed by atoms with E-state index in [-0.39, 0.29) is 11.9 Å². The fourth-order valence-corrected chi connectivity index (χ4v) is 2.37. The Hall–Kier alpha value is -0.970. The zero-order valence-corrected chi connectivity index (χ0v) is 10.7. The molecule has 1 aliphatic rings. The first-order valence-corrected chi connectivity index (χ1v) is 5.91. The molecule has 2 rings (SSSR count). The summed E-state index contributed by atoms with van der Waals surface area (Å²) in [6, 6.07) is 1.71. The van der Waals surface area contributed by atoms with E-state index in [0.29, 0.717) is 35.1 Å². The molecule has 17 heavy (non-hydrogen) atoms. The van der Waals surface area contributed by atoms with Crippen LogP contribution >= 0.6 is 11.6 Å². The van der Waals surface area contributed by atoms with Crippen molar-refractivity contribution in [3.63, 3.8) is 0 Å². The second kappa shape index (κ2) is 5.12. The van der Waals surface area contributed by atoms with Crippen molar-refractivity contribution in [2.45, 2.75) is 13.0 Å². The third-order valence-corrected chi connectivity index (χ3v) is 3.23. The summed E-state index contributed by atoms with van der Waals surface area (Å²) in [6.45, 7) is 3.92. The van der Waals surface area contributed by atoms with Gasteiger partial charge in [0.05, 0.1) is 24.8 Å². The van der Waals surface area contributed by atoms with Crippen molar-refractivity contribution in [1.29, 1.82) is 0 Å². The molecule has 1 aromatic carbocycles. The number of phenolic OH excluding ortho intramolecular Hbond substituents is 1. The zero-order valence-electron chi connectivity index (χ0n) is 9.92. The number of hydrogen-bond donors (Lipinski definition) is 2. The van der Waals surface area contributed by atoms with E-state index in [4.69, 9.17) is 21.1 Å². The van der Waals surface area contributed by atoms with Gasteiger partial charge in [-0.1, -0.05) is 11.6 Å². The van der Waals surface area contributed by atoms with E-state index in [1.807, 2.05) is 0 Å². The van der Waals surface area contributed by atoms with E-state index in [0.717, 1.165) is 6.54 Å². The molecule has 1 unspecified atom stereocenters. The van der Waals surface area contributed by atoms with E-state index >= 15 is 0 Å². The molecule has 0 aliphatic carbocycles. The SMILES string of the molecule is COc1c(Cl)cc(C2CNCCO2)c(O)c1C. The summed E-state index contributed by atoms with van der Waals surface area (Å²) < 4.78 is 10.8. The third-order valence-electron chi connectivity index (χ3n) is 2.95. The van der Waals surface area contributed by atoms with Gasteiger partial charge in [0.25, 0.3) is 0 Å². The van der Waals surface area contributed by atoms with Crippen LogP contribution in [-0.2, 0) is 4.74 Å². The molecule has 0 spiro atoms. The smallest absolute Gasteiger partial charge is 0.144 e. The predicted octanol–water partition coefficient (Wildman–Crippen LogP) is 2.02. The molecule has 0 saturated carbocycles. The molecule has 0 radical (unpaired) electrons. The Morgan fingerprint density at radius 2 is 2.35 bits per heavy atom. The van der Waals surface area contributed by atoms with Gasteiger partial charge < -0.3 is 19.9 Å². The number of morpholine rings is 1. The Morgan fingerprint density at radius 3 is 2.94 bits per heavy atom. The van der Waals surface area contributed by atoms with E-state index in [1.54, 1.807) is 13.0 Å². The minimum absolute atomic E-state index is 0.161. The average Bonchev–Trinajstić information content (AvgIpc) is 2.35. The molecule has 5 heteroatoms. The molecule has 1 saturated heterocycles. The van der Waals surface area contributed by atoms with Gasteiger partial charge in [-0.05, 0) is 13.0 Å². The zero-order chi connectivity index (χ0) is 12.4. The van der Waals surface area contributed by atoms with Gasteiger partial charge in [0.2, 0.25) is 0 Å². The van der Waals surface area contributed by atoms with Crippen molar-refractivity contribution in [2.24, 2.45) is 0 Å². The van der Waals surface area contributed by atoms with E-state index < -0.39 is 0 Å². The fourth-order valence-electron chi connectivity index (χ4n) is 2.03. The monoisotopic (exact) mass is 257 g/mol. The van der Waals surface area contributed by atoms with Gasteiger partial charge >= 0.3 is 0 Å². The molecule has 1 aliphatic heterocycles. The van der Waals surface area contributed by atoms with Crippen LogP contribution < -0.4 is 10.1 Å². The van der Waals surface area contributed by atoms with Crippen LogP contribution in [0.5, 0.6) is 11.5 Å². The number of nitrogens with one attached hydrogen (secondary N) is 1. The molecule has 0 bridgehead atoms.